The third-order valence-electron chi connectivity index (χ3n) is 8.57. The number of nitrogens with one attached hydrogen (secondary N) is 1. The first-order valence-corrected chi connectivity index (χ1v) is 12.8. The van der Waals surface area contributed by atoms with E-state index in [1.54, 1.807) is 4.90 Å². The first-order valence-electron chi connectivity index (χ1n) is 12.8. The van der Waals surface area contributed by atoms with Gasteiger partial charge in [-0.05, 0) is 49.5 Å². The summed E-state index contributed by atoms with van der Waals surface area (Å²) in [6, 6.07) is 0.0169. The van der Waals surface area contributed by atoms with Crippen LogP contribution in [0.1, 0.15) is 89.0 Å². The molecule has 4 aliphatic rings. The van der Waals surface area contributed by atoms with Gasteiger partial charge in [-0.3, -0.25) is 14.5 Å². The molecule has 32 heavy (non-hydrogen) atoms. The molecule has 0 saturated heterocycles. The minimum absolute atomic E-state index is 0.00682. The molecule has 2 fully saturated rings. The van der Waals surface area contributed by atoms with Gasteiger partial charge >= 0.3 is 0 Å². The van der Waals surface area contributed by atoms with Crippen LogP contribution in [0.5, 0.6) is 0 Å². The number of fused-ring (bicyclic) bond motifs is 1. The highest BCUT2D eigenvalue weighted by atomic mass is 16.2. The number of carbonyl (C=O) groups is 2. The van der Waals surface area contributed by atoms with Crippen LogP contribution >= 0.6 is 0 Å². The maximum atomic E-state index is 12.6. The first kappa shape index (κ1) is 21.6. The monoisotopic (exact) mass is 436 g/mol. The highest BCUT2D eigenvalue weighted by molar-refractivity contribution is 6.13. The molecule has 0 radical (unpaired) electrons. The van der Waals surface area contributed by atoms with Crippen LogP contribution in [0.2, 0.25) is 0 Å². The van der Waals surface area contributed by atoms with Gasteiger partial charge in [-0.15, -0.1) is 0 Å². The molecule has 6 heteroatoms. The number of amides is 2. The Balaban J connectivity index is 1.49. The van der Waals surface area contributed by atoms with Crippen molar-refractivity contribution in [1.82, 2.24) is 15.1 Å². The molecule has 3 atom stereocenters. The summed E-state index contributed by atoms with van der Waals surface area (Å²) in [6.45, 7) is 0. The molecule has 2 amide bonds. The lowest BCUT2D eigenvalue weighted by Gasteiger charge is -2.50. The highest BCUT2D eigenvalue weighted by Gasteiger charge is 2.51. The fourth-order valence-electron chi connectivity index (χ4n) is 7.04. The largest absolute Gasteiger partial charge is 0.378 e. The second-order valence-electron chi connectivity index (χ2n) is 10.4. The van der Waals surface area contributed by atoms with E-state index in [1.807, 2.05) is 12.4 Å². The van der Waals surface area contributed by atoms with E-state index in [4.69, 9.17) is 0 Å². The topological polar surface area (TPSA) is 75.2 Å². The van der Waals surface area contributed by atoms with Crippen molar-refractivity contribution >= 4 is 17.5 Å². The van der Waals surface area contributed by atoms with Crippen molar-refractivity contribution in [2.45, 2.75) is 101 Å². The molecule has 2 aliphatic carbocycles. The van der Waals surface area contributed by atoms with E-state index in [-0.39, 0.29) is 23.4 Å². The zero-order chi connectivity index (χ0) is 22.0. The summed E-state index contributed by atoms with van der Waals surface area (Å²) in [7, 11) is 0. The van der Waals surface area contributed by atoms with Crippen LogP contribution in [-0.2, 0) is 16.0 Å². The summed E-state index contributed by atoms with van der Waals surface area (Å²) < 4.78 is 0. The van der Waals surface area contributed by atoms with Gasteiger partial charge in [-0.25, -0.2) is 0 Å². The van der Waals surface area contributed by atoms with E-state index in [2.05, 4.69) is 15.5 Å². The molecule has 0 bridgehead atoms. The number of anilines is 1. The first-order chi connectivity index (χ1) is 15.7. The number of hydrogen-bond donors (Lipinski definition) is 1. The van der Waals surface area contributed by atoms with Gasteiger partial charge in [-0.1, -0.05) is 57.8 Å². The van der Waals surface area contributed by atoms with Crippen LogP contribution in [0, 0.1) is 11.8 Å². The lowest BCUT2D eigenvalue weighted by atomic mass is 9.64. The molecule has 6 nitrogen and oxygen atoms in total. The number of imide groups is 1. The standard InChI is InChI=1S/C26H36N4O2/c31-24-12-13-25(32)30(24)23-11-9-10-20(23)21-16-19-17-27-28-18-22(19)29-26(21)14-7-5-3-1-2-4-6-8-15-26/h12-13,17-18,20-21,23,29H,1-11,14-16H2. The maximum absolute atomic E-state index is 12.6. The van der Waals surface area contributed by atoms with Crippen LogP contribution in [0.25, 0.3) is 0 Å². The summed E-state index contributed by atoms with van der Waals surface area (Å²) in [5.41, 5.74) is 2.37. The Bertz CT molecular complexity index is 852. The summed E-state index contributed by atoms with van der Waals surface area (Å²) in [5.74, 6) is 0.479. The summed E-state index contributed by atoms with van der Waals surface area (Å²) in [5, 5.41) is 12.3. The molecule has 3 heterocycles. The van der Waals surface area contributed by atoms with Crippen molar-refractivity contribution in [1.29, 1.82) is 0 Å². The molecule has 2 saturated carbocycles. The lowest BCUT2D eigenvalue weighted by Crippen LogP contribution is -2.56. The van der Waals surface area contributed by atoms with Crippen molar-refractivity contribution in [3.8, 4) is 0 Å². The van der Waals surface area contributed by atoms with Gasteiger partial charge in [0, 0.05) is 23.7 Å². The average Bonchev–Trinajstić information content (AvgIpc) is 3.38. The zero-order valence-electron chi connectivity index (χ0n) is 19.1. The molecule has 1 aromatic heterocycles. The Morgan fingerprint density at radius 1 is 0.812 bits per heavy atom. The van der Waals surface area contributed by atoms with Gasteiger partial charge in [0.2, 0.25) is 0 Å². The molecular formula is C26H36N4O2. The third kappa shape index (κ3) is 4.08. The van der Waals surface area contributed by atoms with Crippen LogP contribution in [0.3, 0.4) is 0 Å². The SMILES string of the molecule is O=C1C=CC(=O)N1C1CCCC1C1Cc2cnncc2NC12CCCCCCCCCC2. The molecule has 1 spiro atoms. The highest BCUT2D eigenvalue weighted by Crippen LogP contribution is 2.50. The molecule has 1 aromatic rings. The molecule has 2 aliphatic heterocycles. The van der Waals surface area contributed by atoms with E-state index in [0.717, 1.165) is 44.2 Å². The van der Waals surface area contributed by atoms with E-state index in [1.165, 1.54) is 69.1 Å². The Hall–Kier alpha value is -2.24. The van der Waals surface area contributed by atoms with Gasteiger partial charge < -0.3 is 5.32 Å². The van der Waals surface area contributed by atoms with Crippen molar-refractivity contribution in [2.75, 3.05) is 5.32 Å². The molecule has 172 valence electrons. The number of aromatic nitrogens is 2. The fraction of sp³-hybridized carbons (Fsp3) is 0.692. The van der Waals surface area contributed by atoms with Crippen molar-refractivity contribution in [2.24, 2.45) is 11.8 Å². The van der Waals surface area contributed by atoms with Crippen LogP contribution in [-0.4, -0.2) is 38.5 Å². The summed E-state index contributed by atoms with van der Waals surface area (Å²) in [6.07, 6.45) is 23.5. The van der Waals surface area contributed by atoms with Gasteiger partial charge in [0.1, 0.15) is 0 Å². The maximum Gasteiger partial charge on any atom is 0.253 e. The van der Waals surface area contributed by atoms with Gasteiger partial charge in [0.05, 0.1) is 18.1 Å². The Morgan fingerprint density at radius 3 is 2.12 bits per heavy atom. The van der Waals surface area contributed by atoms with Crippen LogP contribution in [0.15, 0.2) is 24.5 Å². The van der Waals surface area contributed by atoms with E-state index < -0.39 is 0 Å². The number of rotatable bonds is 2. The predicted octanol–water partition coefficient (Wildman–Crippen LogP) is 4.81. The Morgan fingerprint density at radius 2 is 1.44 bits per heavy atom. The average molecular weight is 437 g/mol. The smallest absolute Gasteiger partial charge is 0.253 e. The Labute approximate surface area is 191 Å². The Kier molecular flexibility index (Phi) is 6.29. The summed E-state index contributed by atoms with van der Waals surface area (Å²) >= 11 is 0. The molecule has 3 unspecified atom stereocenters. The second-order valence-corrected chi connectivity index (χ2v) is 10.4. The van der Waals surface area contributed by atoms with Crippen LogP contribution in [0.4, 0.5) is 5.69 Å². The third-order valence-corrected chi connectivity index (χ3v) is 8.57. The number of carbonyl (C=O) groups excluding carboxylic acids is 2. The minimum Gasteiger partial charge on any atom is -0.378 e. The van der Waals surface area contributed by atoms with Gasteiger partial charge in [0.25, 0.3) is 11.8 Å². The van der Waals surface area contributed by atoms with Crippen molar-refractivity contribution in [3.63, 3.8) is 0 Å². The molecule has 1 N–H and O–H groups in total. The number of nitrogens with zero attached hydrogens (tertiary/aromatic N) is 3. The fourth-order valence-corrected chi connectivity index (χ4v) is 7.04. The predicted molar refractivity (Wildman–Crippen MR) is 124 cm³/mol. The van der Waals surface area contributed by atoms with E-state index >= 15 is 0 Å². The molecular weight excluding hydrogens is 400 g/mol. The zero-order valence-corrected chi connectivity index (χ0v) is 19.1. The van der Waals surface area contributed by atoms with Crippen molar-refractivity contribution < 1.29 is 9.59 Å². The van der Waals surface area contributed by atoms with Crippen LogP contribution < -0.4 is 5.32 Å². The minimum atomic E-state index is -0.126. The van der Waals surface area contributed by atoms with Gasteiger partial charge in [0.15, 0.2) is 0 Å². The molecule has 0 aromatic carbocycles. The van der Waals surface area contributed by atoms with Gasteiger partial charge in [-0.2, -0.15) is 10.2 Å². The van der Waals surface area contributed by atoms with Crippen molar-refractivity contribution in [3.05, 3.63) is 30.1 Å². The lowest BCUT2D eigenvalue weighted by molar-refractivity contribution is -0.141. The molecule has 5 rings (SSSR count). The quantitative estimate of drug-likeness (QED) is 0.674. The van der Waals surface area contributed by atoms with E-state index in [9.17, 15) is 9.59 Å². The number of hydrogen-bond acceptors (Lipinski definition) is 5. The summed E-state index contributed by atoms with van der Waals surface area (Å²) in [4.78, 5) is 26.7. The normalized spacial score (nSPS) is 30.8. The second kappa shape index (κ2) is 9.32. The van der Waals surface area contributed by atoms with E-state index in [0.29, 0.717) is 11.8 Å².